The van der Waals surface area contributed by atoms with Crippen LogP contribution >= 0.6 is 0 Å². The molecule has 1 aromatic carbocycles. The summed E-state index contributed by atoms with van der Waals surface area (Å²) in [7, 11) is 0. The van der Waals surface area contributed by atoms with E-state index in [9.17, 15) is 9.90 Å². The minimum absolute atomic E-state index is 0.0800. The molecule has 0 saturated carbocycles. The highest BCUT2D eigenvalue weighted by Crippen LogP contribution is 2.35. The molecule has 0 radical (unpaired) electrons. The molecule has 0 aromatic heterocycles. The van der Waals surface area contributed by atoms with Gasteiger partial charge in [-0.3, -0.25) is 4.79 Å². The second-order valence-electron chi connectivity index (χ2n) is 4.99. The van der Waals surface area contributed by atoms with Gasteiger partial charge in [0.1, 0.15) is 5.75 Å². The van der Waals surface area contributed by atoms with Crippen LogP contribution in [0.25, 0.3) is 0 Å². The third-order valence-corrected chi connectivity index (χ3v) is 3.03. The number of benzene rings is 1. The van der Waals surface area contributed by atoms with Crippen LogP contribution < -0.4 is 0 Å². The van der Waals surface area contributed by atoms with Crippen molar-refractivity contribution in [1.29, 1.82) is 0 Å². The van der Waals surface area contributed by atoms with Gasteiger partial charge in [-0.05, 0) is 43.9 Å². The lowest BCUT2D eigenvalue weighted by Gasteiger charge is -2.22. The van der Waals surface area contributed by atoms with Crippen LogP contribution in [0.15, 0.2) is 12.1 Å². The Bertz CT molecular complexity index is 412. The summed E-state index contributed by atoms with van der Waals surface area (Å²) in [5.74, 6) is -0.420. The summed E-state index contributed by atoms with van der Waals surface area (Å²) in [5.41, 5.74) is 2.61. The number of hydrogen-bond acceptors (Lipinski definition) is 3. The van der Waals surface area contributed by atoms with Gasteiger partial charge in [-0.25, -0.2) is 0 Å². The molecule has 0 amide bonds. The minimum Gasteiger partial charge on any atom is -0.508 e. The molecule has 0 bridgehead atoms. The van der Waals surface area contributed by atoms with E-state index >= 15 is 0 Å². The number of rotatable bonds is 4. The Balaban J connectivity index is 3.26. The van der Waals surface area contributed by atoms with Crippen LogP contribution in [-0.4, -0.2) is 17.7 Å². The number of carbonyl (C=O) groups is 1. The Morgan fingerprint density at radius 3 is 2.39 bits per heavy atom. The first-order chi connectivity index (χ1) is 8.38. The van der Waals surface area contributed by atoms with E-state index in [2.05, 4.69) is 0 Å². The monoisotopic (exact) mass is 250 g/mol. The molecule has 0 heterocycles. The van der Waals surface area contributed by atoms with Gasteiger partial charge in [0.25, 0.3) is 0 Å². The quantitative estimate of drug-likeness (QED) is 0.834. The Morgan fingerprint density at radius 2 is 1.94 bits per heavy atom. The van der Waals surface area contributed by atoms with Gasteiger partial charge in [0.2, 0.25) is 0 Å². The smallest absolute Gasteiger partial charge is 0.313 e. The summed E-state index contributed by atoms with van der Waals surface area (Å²) < 4.78 is 5.11. The van der Waals surface area contributed by atoms with Crippen LogP contribution in [0.1, 0.15) is 43.4 Å². The number of esters is 1. The van der Waals surface area contributed by atoms with Crippen molar-refractivity contribution >= 4 is 5.97 Å². The lowest BCUT2D eigenvalue weighted by molar-refractivity contribution is -0.146. The van der Waals surface area contributed by atoms with Gasteiger partial charge in [0.05, 0.1) is 12.5 Å². The van der Waals surface area contributed by atoms with E-state index in [0.717, 1.165) is 11.1 Å². The summed E-state index contributed by atoms with van der Waals surface area (Å²) in [4.78, 5) is 12.0. The Hall–Kier alpha value is -1.51. The number of phenolic OH excluding ortho intramolecular Hbond substituents is 1. The zero-order valence-electron chi connectivity index (χ0n) is 11.8. The maximum Gasteiger partial charge on any atom is 0.313 e. The number of carbonyl (C=O) groups excluding carboxylic acids is 1. The molecule has 18 heavy (non-hydrogen) atoms. The summed E-state index contributed by atoms with van der Waals surface area (Å²) >= 11 is 0. The third kappa shape index (κ3) is 3.03. The van der Waals surface area contributed by atoms with Crippen molar-refractivity contribution in [2.75, 3.05) is 6.61 Å². The highest BCUT2D eigenvalue weighted by atomic mass is 16.5. The van der Waals surface area contributed by atoms with Crippen molar-refractivity contribution in [3.8, 4) is 5.75 Å². The molecule has 0 spiro atoms. The van der Waals surface area contributed by atoms with Crippen LogP contribution in [0.2, 0.25) is 0 Å². The topological polar surface area (TPSA) is 46.5 Å². The average molecular weight is 250 g/mol. The molecule has 3 nitrogen and oxygen atoms in total. The molecule has 1 rings (SSSR count). The number of hydrogen-bond donors (Lipinski definition) is 1. The van der Waals surface area contributed by atoms with Gasteiger partial charge in [-0.15, -0.1) is 0 Å². The van der Waals surface area contributed by atoms with Crippen LogP contribution in [0.3, 0.4) is 0 Å². The van der Waals surface area contributed by atoms with Crippen LogP contribution in [0.4, 0.5) is 0 Å². The first kappa shape index (κ1) is 14.6. The summed E-state index contributed by atoms with van der Waals surface area (Å²) in [6, 6.07) is 3.67. The molecule has 1 aromatic rings. The van der Waals surface area contributed by atoms with E-state index in [1.54, 1.807) is 13.0 Å². The molecule has 0 aliphatic heterocycles. The third-order valence-electron chi connectivity index (χ3n) is 3.03. The van der Waals surface area contributed by atoms with Crippen molar-refractivity contribution in [2.24, 2.45) is 5.92 Å². The Morgan fingerprint density at radius 1 is 1.33 bits per heavy atom. The Labute approximate surface area is 109 Å². The molecule has 3 heteroatoms. The number of phenols is 1. The average Bonchev–Trinajstić information content (AvgIpc) is 2.22. The van der Waals surface area contributed by atoms with Crippen LogP contribution in [-0.2, 0) is 9.53 Å². The fourth-order valence-electron chi connectivity index (χ4n) is 2.32. The molecule has 100 valence electrons. The van der Waals surface area contributed by atoms with Gasteiger partial charge >= 0.3 is 5.97 Å². The molecule has 0 fully saturated rings. The van der Waals surface area contributed by atoms with Gasteiger partial charge in [0, 0.05) is 5.56 Å². The molecule has 1 N–H and O–H groups in total. The molecular weight excluding hydrogens is 228 g/mol. The zero-order valence-corrected chi connectivity index (χ0v) is 11.8. The molecule has 0 aliphatic carbocycles. The highest BCUT2D eigenvalue weighted by molar-refractivity contribution is 5.80. The minimum atomic E-state index is -0.412. The normalized spacial score (nSPS) is 12.6. The largest absolute Gasteiger partial charge is 0.508 e. The van der Waals surface area contributed by atoms with Crippen molar-refractivity contribution in [1.82, 2.24) is 0 Å². The maximum atomic E-state index is 12.0. The molecule has 0 aliphatic rings. The molecule has 1 atom stereocenters. The van der Waals surface area contributed by atoms with E-state index in [0.29, 0.717) is 12.2 Å². The summed E-state index contributed by atoms with van der Waals surface area (Å²) in [6.07, 6.45) is 0. The fourth-order valence-corrected chi connectivity index (χ4v) is 2.32. The van der Waals surface area contributed by atoms with Gasteiger partial charge in [-0.1, -0.05) is 19.9 Å². The van der Waals surface area contributed by atoms with E-state index in [1.165, 1.54) is 0 Å². The SMILES string of the molecule is CCOC(=O)C(c1c(C)cc(C)cc1O)C(C)C. The van der Waals surface area contributed by atoms with Crippen molar-refractivity contribution < 1.29 is 14.6 Å². The van der Waals surface area contributed by atoms with E-state index in [4.69, 9.17) is 4.74 Å². The fraction of sp³-hybridized carbons (Fsp3) is 0.533. The highest BCUT2D eigenvalue weighted by Gasteiger charge is 2.29. The number of aromatic hydroxyl groups is 1. The van der Waals surface area contributed by atoms with Crippen LogP contribution in [0.5, 0.6) is 5.75 Å². The van der Waals surface area contributed by atoms with E-state index < -0.39 is 5.92 Å². The predicted molar refractivity (Wildman–Crippen MR) is 71.8 cm³/mol. The maximum absolute atomic E-state index is 12.0. The predicted octanol–water partition coefficient (Wildman–Crippen LogP) is 3.31. The Kier molecular flexibility index (Phi) is 4.76. The number of aryl methyl sites for hydroxylation is 2. The van der Waals surface area contributed by atoms with Crippen molar-refractivity contribution in [3.05, 3.63) is 28.8 Å². The summed E-state index contributed by atoms with van der Waals surface area (Å²) in [5, 5.41) is 10.1. The first-order valence-electron chi connectivity index (χ1n) is 6.35. The van der Waals surface area contributed by atoms with E-state index in [-0.39, 0.29) is 17.6 Å². The standard InChI is InChI=1S/C15H22O3/c1-6-18-15(17)13(9(2)3)14-11(5)7-10(4)8-12(14)16/h7-9,13,16H,6H2,1-5H3. The lowest BCUT2D eigenvalue weighted by atomic mass is 9.84. The lowest BCUT2D eigenvalue weighted by Crippen LogP contribution is -2.22. The molecular formula is C15H22O3. The van der Waals surface area contributed by atoms with Gasteiger partial charge in [-0.2, -0.15) is 0 Å². The molecule has 0 saturated heterocycles. The summed E-state index contributed by atoms with van der Waals surface area (Å²) in [6.45, 7) is 9.90. The van der Waals surface area contributed by atoms with Gasteiger partial charge in [0.15, 0.2) is 0 Å². The zero-order chi connectivity index (χ0) is 13.9. The van der Waals surface area contributed by atoms with Crippen molar-refractivity contribution in [2.45, 2.75) is 40.5 Å². The molecule has 1 unspecified atom stereocenters. The second kappa shape index (κ2) is 5.89. The van der Waals surface area contributed by atoms with Crippen molar-refractivity contribution in [3.63, 3.8) is 0 Å². The van der Waals surface area contributed by atoms with Gasteiger partial charge < -0.3 is 9.84 Å². The van der Waals surface area contributed by atoms with E-state index in [1.807, 2.05) is 33.8 Å². The second-order valence-corrected chi connectivity index (χ2v) is 4.99. The number of ether oxygens (including phenoxy) is 1. The van der Waals surface area contributed by atoms with Crippen LogP contribution in [0, 0.1) is 19.8 Å². The first-order valence-corrected chi connectivity index (χ1v) is 6.35.